The predicted molar refractivity (Wildman–Crippen MR) is 132 cm³/mol. The van der Waals surface area contributed by atoms with Crippen LogP contribution in [0.15, 0.2) is 72.8 Å². The van der Waals surface area contributed by atoms with Crippen molar-refractivity contribution in [2.45, 2.75) is 12.6 Å². The number of nitrogens with zero attached hydrogens (tertiary/aromatic N) is 5. The van der Waals surface area contributed by atoms with Crippen molar-refractivity contribution < 1.29 is 0 Å². The second-order valence-corrected chi connectivity index (χ2v) is 8.74. The lowest BCUT2D eigenvalue weighted by Crippen LogP contribution is -2.47. The van der Waals surface area contributed by atoms with E-state index < -0.39 is 0 Å². The van der Waals surface area contributed by atoms with Crippen molar-refractivity contribution in [3.63, 3.8) is 0 Å². The van der Waals surface area contributed by atoms with Gasteiger partial charge in [0.05, 0.1) is 29.3 Å². The summed E-state index contributed by atoms with van der Waals surface area (Å²) < 4.78 is 0. The summed E-state index contributed by atoms with van der Waals surface area (Å²) in [7, 11) is 4.12. The van der Waals surface area contributed by atoms with Gasteiger partial charge < -0.3 is 4.90 Å². The van der Waals surface area contributed by atoms with Crippen LogP contribution in [0.4, 0.5) is 5.69 Å². The van der Waals surface area contributed by atoms with Gasteiger partial charge in [0.15, 0.2) is 0 Å². The zero-order valence-electron chi connectivity index (χ0n) is 19.3. The lowest BCUT2D eigenvalue weighted by Gasteiger charge is -2.40. The summed E-state index contributed by atoms with van der Waals surface area (Å²) in [5, 5.41) is 18.4. The van der Waals surface area contributed by atoms with E-state index in [1.807, 2.05) is 24.3 Å². The van der Waals surface area contributed by atoms with Gasteiger partial charge in [0, 0.05) is 52.5 Å². The highest BCUT2D eigenvalue weighted by molar-refractivity contribution is 5.46. The van der Waals surface area contributed by atoms with Crippen molar-refractivity contribution in [2.24, 2.45) is 0 Å². The minimum atomic E-state index is 0.104. The molecule has 0 amide bonds. The highest BCUT2D eigenvalue weighted by Crippen LogP contribution is 2.30. The Morgan fingerprint density at radius 3 is 1.64 bits per heavy atom. The molecule has 0 aliphatic carbocycles. The van der Waals surface area contributed by atoms with Crippen molar-refractivity contribution >= 4 is 5.69 Å². The van der Waals surface area contributed by atoms with Crippen LogP contribution in [-0.2, 0) is 6.54 Å². The van der Waals surface area contributed by atoms with E-state index in [-0.39, 0.29) is 6.04 Å². The molecule has 0 unspecified atom stereocenters. The van der Waals surface area contributed by atoms with E-state index >= 15 is 0 Å². The quantitative estimate of drug-likeness (QED) is 0.574. The smallest absolute Gasteiger partial charge is 0.0991 e. The molecule has 3 aromatic rings. The molecule has 0 atom stereocenters. The van der Waals surface area contributed by atoms with Gasteiger partial charge in [0.25, 0.3) is 0 Å². The number of anilines is 1. The summed E-state index contributed by atoms with van der Waals surface area (Å²) in [4.78, 5) is 7.14. The third-order valence-electron chi connectivity index (χ3n) is 6.34. The molecular formula is C28H29N5. The summed E-state index contributed by atoms with van der Waals surface area (Å²) in [6.07, 6.45) is 0. The van der Waals surface area contributed by atoms with E-state index in [1.54, 1.807) is 0 Å². The molecule has 5 nitrogen and oxygen atoms in total. The topological polar surface area (TPSA) is 57.3 Å². The van der Waals surface area contributed by atoms with E-state index in [0.29, 0.717) is 11.1 Å². The van der Waals surface area contributed by atoms with Gasteiger partial charge in [-0.05, 0) is 53.1 Å². The SMILES string of the molecule is CN(C)c1ccc(CN2CCN(C(c3ccc(C#N)cc3)c3ccc(C#N)cc3)CC2)cc1. The van der Waals surface area contributed by atoms with Gasteiger partial charge in [-0.2, -0.15) is 10.5 Å². The van der Waals surface area contributed by atoms with Crippen LogP contribution in [-0.4, -0.2) is 50.1 Å². The number of nitriles is 2. The van der Waals surface area contributed by atoms with Crippen LogP contribution >= 0.6 is 0 Å². The summed E-state index contributed by atoms with van der Waals surface area (Å²) in [6, 6.07) is 29.1. The molecule has 0 radical (unpaired) electrons. The Bertz CT molecular complexity index is 1070. The Morgan fingerprint density at radius 1 is 0.727 bits per heavy atom. The zero-order valence-corrected chi connectivity index (χ0v) is 19.3. The van der Waals surface area contributed by atoms with Gasteiger partial charge in [0.2, 0.25) is 0 Å². The van der Waals surface area contributed by atoms with Crippen molar-refractivity contribution in [1.82, 2.24) is 9.80 Å². The summed E-state index contributed by atoms with van der Waals surface area (Å²) >= 11 is 0. The maximum Gasteiger partial charge on any atom is 0.0991 e. The number of rotatable bonds is 6. The summed E-state index contributed by atoms with van der Waals surface area (Å²) in [5.74, 6) is 0. The lowest BCUT2D eigenvalue weighted by atomic mass is 9.95. The summed E-state index contributed by atoms with van der Waals surface area (Å²) in [5.41, 5.74) is 6.24. The predicted octanol–water partition coefficient (Wildman–Crippen LogP) is 4.40. The summed E-state index contributed by atoms with van der Waals surface area (Å²) in [6.45, 7) is 4.87. The van der Waals surface area contributed by atoms with Gasteiger partial charge >= 0.3 is 0 Å². The highest BCUT2D eigenvalue weighted by Gasteiger charge is 2.26. The van der Waals surface area contributed by atoms with Gasteiger partial charge in [-0.3, -0.25) is 9.80 Å². The molecule has 33 heavy (non-hydrogen) atoms. The number of hydrogen-bond donors (Lipinski definition) is 0. The minimum absolute atomic E-state index is 0.104. The van der Waals surface area contributed by atoms with Crippen molar-refractivity contribution in [1.29, 1.82) is 10.5 Å². The molecular weight excluding hydrogens is 406 g/mol. The van der Waals surface area contributed by atoms with E-state index in [0.717, 1.165) is 32.7 Å². The fourth-order valence-electron chi connectivity index (χ4n) is 4.43. The molecule has 0 aromatic heterocycles. The fraction of sp³-hybridized carbons (Fsp3) is 0.286. The van der Waals surface area contributed by atoms with Crippen molar-refractivity contribution in [3.8, 4) is 12.1 Å². The molecule has 1 aliphatic rings. The maximum absolute atomic E-state index is 9.18. The normalized spacial score (nSPS) is 14.6. The minimum Gasteiger partial charge on any atom is -0.378 e. The Balaban J connectivity index is 1.48. The number of benzene rings is 3. The molecule has 1 saturated heterocycles. The van der Waals surface area contributed by atoms with Gasteiger partial charge in [-0.15, -0.1) is 0 Å². The average Bonchev–Trinajstić information content (AvgIpc) is 2.86. The Hall–Kier alpha value is -3.64. The van der Waals surface area contributed by atoms with Gasteiger partial charge in [0.1, 0.15) is 0 Å². The average molecular weight is 436 g/mol. The first-order chi connectivity index (χ1) is 16.1. The second kappa shape index (κ2) is 10.3. The highest BCUT2D eigenvalue weighted by atomic mass is 15.3. The lowest BCUT2D eigenvalue weighted by molar-refractivity contribution is 0.105. The first kappa shape index (κ1) is 22.6. The van der Waals surface area contributed by atoms with Crippen molar-refractivity contribution in [3.05, 3.63) is 101 Å². The molecule has 0 N–H and O–H groups in total. The Morgan fingerprint density at radius 2 is 1.21 bits per heavy atom. The fourth-order valence-corrected chi connectivity index (χ4v) is 4.43. The van der Waals surface area contributed by atoms with Gasteiger partial charge in [-0.25, -0.2) is 0 Å². The molecule has 1 aliphatic heterocycles. The van der Waals surface area contributed by atoms with Crippen LogP contribution in [0.1, 0.15) is 33.9 Å². The molecule has 0 saturated carbocycles. The van der Waals surface area contributed by atoms with Crippen LogP contribution in [0.3, 0.4) is 0 Å². The largest absolute Gasteiger partial charge is 0.378 e. The molecule has 1 fully saturated rings. The van der Waals surface area contributed by atoms with Crippen LogP contribution in [0.2, 0.25) is 0 Å². The van der Waals surface area contributed by atoms with Crippen LogP contribution in [0, 0.1) is 22.7 Å². The molecule has 0 bridgehead atoms. The first-order valence-electron chi connectivity index (χ1n) is 11.3. The first-order valence-corrected chi connectivity index (χ1v) is 11.3. The molecule has 0 spiro atoms. The molecule has 1 heterocycles. The Labute approximate surface area is 196 Å². The zero-order chi connectivity index (χ0) is 23.2. The standard InChI is InChI=1S/C28H29N5/c1-31(2)27-13-7-24(8-14-27)21-32-15-17-33(18-16-32)28(25-9-3-22(19-29)4-10-25)26-11-5-23(20-30)6-12-26/h3-14,28H,15-18,21H2,1-2H3. The molecule has 166 valence electrons. The number of hydrogen-bond acceptors (Lipinski definition) is 5. The van der Waals surface area contributed by atoms with E-state index in [9.17, 15) is 10.5 Å². The molecule has 4 rings (SSSR count). The monoisotopic (exact) mass is 435 g/mol. The van der Waals surface area contributed by atoms with Crippen LogP contribution in [0.5, 0.6) is 0 Å². The van der Waals surface area contributed by atoms with Crippen LogP contribution < -0.4 is 4.90 Å². The third-order valence-corrected chi connectivity index (χ3v) is 6.34. The van der Waals surface area contributed by atoms with E-state index in [4.69, 9.17) is 0 Å². The van der Waals surface area contributed by atoms with Crippen molar-refractivity contribution in [2.75, 3.05) is 45.2 Å². The molecule has 5 heteroatoms. The van der Waals surface area contributed by atoms with E-state index in [2.05, 4.69) is 89.5 Å². The second-order valence-electron chi connectivity index (χ2n) is 8.74. The molecule has 3 aromatic carbocycles. The Kier molecular flexibility index (Phi) is 7.05. The van der Waals surface area contributed by atoms with Gasteiger partial charge in [-0.1, -0.05) is 36.4 Å². The van der Waals surface area contributed by atoms with E-state index in [1.165, 1.54) is 22.4 Å². The third kappa shape index (κ3) is 5.41. The maximum atomic E-state index is 9.18. The number of piperazine rings is 1. The van der Waals surface area contributed by atoms with Crippen LogP contribution in [0.25, 0.3) is 0 Å².